The number of nitrogens with one attached hydrogen (secondary N) is 3. The molecule has 8 heteroatoms. The molecule has 1 heterocycles. The maximum Gasteiger partial charge on any atom is 0.407 e. The van der Waals surface area contributed by atoms with E-state index in [0.717, 1.165) is 6.54 Å². The Morgan fingerprint density at radius 1 is 1.28 bits per heavy atom. The Kier molecular flexibility index (Phi) is 8.71. The summed E-state index contributed by atoms with van der Waals surface area (Å²) in [6.45, 7) is 7.27. The van der Waals surface area contributed by atoms with Gasteiger partial charge in [-0.2, -0.15) is 0 Å². The molecule has 1 unspecified atom stereocenters. The standard InChI is InChI=1S/C17H31N5O2S/c1-17(2,3)24-16(23)20-10-9-19-15(18-4)21-12-13(22(5)6)14-8-7-11-25-14/h7-8,11,13H,9-10,12H2,1-6H3,(H,20,23)(H2,18,19,21). The van der Waals surface area contributed by atoms with Gasteiger partial charge < -0.3 is 25.6 Å². The fourth-order valence-corrected chi connectivity index (χ4v) is 3.01. The third kappa shape index (κ3) is 8.74. The summed E-state index contributed by atoms with van der Waals surface area (Å²) in [5, 5.41) is 11.3. The molecule has 0 bridgehead atoms. The average Bonchev–Trinajstić information content (AvgIpc) is 3.01. The van der Waals surface area contributed by atoms with Crippen LogP contribution in [-0.4, -0.2) is 63.3 Å². The summed E-state index contributed by atoms with van der Waals surface area (Å²) in [5.41, 5.74) is -0.488. The number of nitrogens with zero attached hydrogens (tertiary/aromatic N) is 2. The minimum absolute atomic E-state index is 0.276. The summed E-state index contributed by atoms with van der Waals surface area (Å²) in [6, 6.07) is 4.47. The van der Waals surface area contributed by atoms with Gasteiger partial charge in [-0.3, -0.25) is 4.99 Å². The van der Waals surface area contributed by atoms with Gasteiger partial charge in [0.15, 0.2) is 5.96 Å². The van der Waals surface area contributed by atoms with E-state index in [1.54, 1.807) is 18.4 Å². The van der Waals surface area contributed by atoms with Crippen LogP contribution in [-0.2, 0) is 4.74 Å². The SMILES string of the molecule is CN=C(NCCNC(=O)OC(C)(C)C)NCC(c1cccs1)N(C)C. The van der Waals surface area contributed by atoms with E-state index in [1.165, 1.54) is 4.88 Å². The second-order valence-corrected chi connectivity index (χ2v) is 7.78. The first-order chi connectivity index (χ1) is 11.7. The van der Waals surface area contributed by atoms with Crippen LogP contribution in [0.3, 0.4) is 0 Å². The highest BCUT2D eigenvalue weighted by molar-refractivity contribution is 7.10. The molecule has 0 aliphatic heterocycles. The molecular weight excluding hydrogens is 338 g/mol. The van der Waals surface area contributed by atoms with Crippen LogP contribution in [0, 0.1) is 0 Å². The number of hydrogen-bond donors (Lipinski definition) is 3. The molecule has 3 N–H and O–H groups in total. The van der Waals surface area contributed by atoms with E-state index in [9.17, 15) is 4.79 Å². The van der Waals surface area contributed by atoms with Crippen molar-refractivity contribution in [3.8, 4) is 0 Å². The monoisotopic (exact) mass is 369 g/mol. The van der Waals surface area contributed by atoms with Crippen molar-refractivity contribution >= 4 is 23.4 Å². The van der Waals surface area contributed by atoms with Gasteiger partial charge in [-0.25, -0.2) is 4.79 Å². The highest BCUT2D eigenvalue weighted by Gasteiger charge is 2.16. The summed E-state index contributed by atoms with van der Waals surface area (Å²) < 4.78 is 5.19. The summed E-state index contributed by atoms with van der Waals surface area (Å²) in [4.78, 5) is 19.3. The van der Waals surface area contributed by atoms with E-state index in [1.807, 2.05) is 20.8 Å². The van der Waals surface area contributed by atoms with Crippen molar-refractivity contribution in [2.24, 2.45) is 4.99 Å². The molecule has 1 atom stereocenters. The molecule has 0 saturated heterocycles. The number of guanidine groups is 1. The third-order valence-corrected chi connectivity index (χ3v) is 4.24. The van der Waals surface area contributed by atoms with Crippen LogP contribution in [0.15, 0.2) is 22.5 Å². The number of likely N-dealkylation sites (N-methyl/N-ethyl adjacent to an activating group) is 1. The Labute approximate surface area is 154 Å². The van der Waals surface area contributed by atoms with Gasteiger partial charge in [0.25, 0.3) is 0 Å². The second-order valence-electron chi connectivity index (χ2n) is 6.80. The van der Waals surface area contributed by atoms with Crippen molar-refractivity contribution in [2.75, 3.05) is 40.8 Å². The van der Waals surface area contributed by atoms with Crippen molar-refractivity contribution in [1.29, 1.82) is 0 Å². The topological polar surface area (TPSA) is 78.0 Å². The van der Waals surface area contributed by atoms with Crippen molar-refractivity contribution in [2.45, 2.75) is 32.4 Å². The van der Waals surface area contributed by atoms with Crippen LogP contribution in [0.25, 0.3) is 0 Å². The van der Waals surface area contributed by atoms with Gasteiger partial charge in [0.1, 0.15) is 5.60 Å². The number of ether oxygens (including phenoxy) is 1. The normalized spacial score (nSPS) is 13.5. The number of carbonyl (C=O) groups is 1. The van der Waals surface area contributed by atoms with Crippen LogP contribution in [0.2, 0.25) is 0 Å². The number of amides is 1. The smallest absolute Gasteiger partial charge is 0.407 e. The van der Waals surface area contributed by atoms with E-state index in [0.29, 0.717) is 19.0 Å². The Bertz CT molecular complexity index is 538. The van der Waals surface area contributed by atoms with Crippen LogP contribution < -0.4 is 16.0 Å². The molecule has 142 valence electrons. The maximum atomic E-state index is 11.6. The molecule has 0 radical (unpaired) electrons. The minimum Gasteiger partial charge on any atom is -0.444 e. The zero-order chi connectivity index (χ0) is 18.9. The Morgan fingerprint density at radius 2 is 1.96 bits per heavy atom. The lowest BCUT2D eigenvalue weighted by Crippen LogP contribution is -2.44. The van der Waals surface area contributed by atoms with Crippen molar-refractivity contribution in [3.05, 3.63) is 22.4 Å². The Hall–Kier alpha value is -1.80. The molecule has 1 rings (SSSR count). The first-order valence-corrected chi connectivity index (χ1v) is 9.22. The molecule has 0 spiro atoms. The van der Waals surface area contributed by atoms with Crippen LogP contribution in [0.4, 0.5) is 4.79 Å². The quantitative estimate of drug-likeness (QED) is 0.389. The fourth-order valence-electron chi connectivity index (χ4n) is 2.09. The summed E-state index contributed by atoms with van der Waals surface area (Å²) >= 11 is 1.74. The maximum absolute atomic E-state index is 11.6. The van der Waals surface area contributed by atoms with Crippen LogP contribution in [0.1, 0.15) is 31.7 Å². The molecule has 1 amide bonds. The average molecular weight is 370 g/mol. The van der Waals surface area contributed by atoms with E-state index in [-0.39, 0.29) is 6.04 Å². The minimum atomic E-state index is -0.488. The molecule has 0 aliphatic carbocycles. The van der Waals surface area contributed by atoms with Gasteiger partial charge in [0.2, 0.25) is 0 Å². The number of thiophene rings is 1. The number of carbonyl (C=O) groups excluding carboxylic acids is 1. The first kappa shape index (κ1) is 21.2. The third-order valence-electron chi connectivity index (χ3n) is 3.27. The number of aliphatic imine (C=N–C) groups is 1. The van der Waals surface area contributed by atoms with Gasteiger partial charge in [0.05, 0.1) is 6.04 Å². The van der Waals surface area contributed by atoms with Crippen molar-refractivity contribution in [3.63, 3.8) is 0 Å². The summed E-state index contributed by atoms with van der Waals surface area (Å²) in [5.74, 6) is 0.703. The zero-order valence-corrected chi connectivity index (χ0v) is 16.9. The molecule has 0 fully saturated rings. The lowest BCUT2D eigenvalue weighted by molar-refractivity contribution is 0.0529. The van der Waals surface area contributed by atoms with E-state index in [4.69, 9.17) is 4.74 Å². The van der Waals surface area contributed by atoms with Crippen molar-refractivity contribution in [1.82, 2.24) is 20.9 Å². The van der Waals surface area contributed by atoms with E-state index < -0.39 is 11.7 Å². The molecule has 0 aromatic carbocycles. The number of rotatable bonds is 7. The predicted molar refractivity (Wildman–Crippen MR) is 104 cm³/mol. The highest BCUT2D eigenvalue weighted by Crippen LogP contribution is 2.22. The highest BCUT2D eigenvalue weighted by atomic mass is 32.1. The molecule has 1 aromatic heterocycles. The lowest BCUT2D eigenvalue weighted by Gasteiger charge is -2.24. The van der Waals surface area contributed by atoms with Gasteiger partial charge in [-0.05, 0) is 46.3 Å². The van der Waals surface area contributed by atoms with Crippen LogP contribution in [0.5, 0.6) is 0 Å². The van der Waals surface area contributed by atoms with E-state index >= 15 is 0 Å². The zero-order valence-electron chi connectivity index (χ0n) is 16.0. The largest absolute Gasteiger partial charge is 0.444 e. The van der Waals surface area contributed by atoms with E-state index in [2.05, 4.69) is 57.5 Å². The van der Waals surface area contributed by atoms with Gasteiger partial charge >= 0.3 is 6.09 Å². The first-order valence-electron chi connectivity index (χ1n) is 8.34. The summed E-state index contributed by atoms with van der Waals surface area (Å²) in [7, 11) is 5.85. The van der Waals surface area contributed by atoms with Crippen molar-refractivity contribution < 1.29 is 9.53 Å². The van der Waals surface area contributed by atoms with Gasteiger partial charge in [0, 0.05) is 31.6 Å². The molecular formula is C17H31N5O2S. The van der Waals surface area contributed by atoms with Crippen LogP contribution >= 0.6 is 11.3 Å². The molecule has 7 nitrogen and oxygen atoms in total. The Balaban J connectivity index is 2.34. The molecule has 1 aromatic rings. The number of hydrogen-bond acceptors (Lipinski definition) is 5. The molecule has 0 aliphatic rings. The molecule has 0 saturated carbocycles. The Morgan fingerprint density at radius 3 is 2.48 bits per heavy atom. The van der Waals surface area contributed by atoms with Gasteiger partial charge in [-0.1, -0.05) is 6.07 Å². The molecule has 25 heavy (non-hydrogen) atoms. The van der Waals surface area contributed by atoms with Gasteiger partial charge in [-0.15, -0.1) is 11.3 Å². The summed E-state index contributed by atoms with van der Waals surface area (Å²) in [6.07, 6.45) is -0.414. The predicted octanol–water partition coefficient (Wildman–Crippen LogP) is 2.04. The second kappa shape index (κ2) is 10.2. The lowest BCUT2D eigenvalue weighted by atomic mass is 10.2. The fraction of sp³-hybridized carbons (Fsp3) is 0.647. The number of alkyl carbamates (subject to hydrolysis) is 1.